The van der Waals surface area contributed by atoms with Gasteiger partial charge < -0.3 is 9.47 Å². The van der Waals surface area contributed by atoms with Crippen molar-refractivity contribution in [2.75, 3.05) is 25.7 Å². The summed E-state index contributed by atoms with van der Waals surface area (Å²) in [5.41, 5.74) is 2.91. The van der Waals surface area contributed by atoms with Gasteiger partial charge >= 0.3 is 5.97 Å². The molecule has 3 rings (SSSR count). The molecular formula is C22H24N2O4S. The maximum atomic E-state index is 12.9. The van der Waals surface area contributed by atoms with Gasteiger partial charge in [0.05, 0.1) is 38.1 Å². The van der Waals surface area contributed by atoms with Crippen molar-refractivity contribution in [2.45, 2.75) is 18.9 Å². The van der Waals surface area contributed by atoms with E-state index in [9.17, 15) is 9.59 Å². The fourth-order valence-electron chi connectivity index (χ4n) is 3.11. The zero-order valence-corrected chi connectivity index (χ0v) is 17.4. The van der Waals surface area contributed by atoms with Crippen molar-refractivity contribution in [2.24, 2.45) is 5.10 Å². The van der Waals surface area contributed by atoms with Crippen LogP contribution in [0.2, 0.25) is 0 Å². The monoisotopic (exact) mass is 412 g/mol. The number of thioether (sulfide) groups is 1. The second-order valence-electron chi connectivity index (χ2n) is 6.52. The summed E-state index contributed by atoms with van der Waals surface area (Å²) in [4.78, 5) is 24.1. The van der Waals surface area contributed by atoms with Gasteiger partial charge in [0.1, 0.15) is 5.75 Å². The van der Waals surface area contributed by atoms with E-state index in [1.54, 1.807) is 12.1 Å². The molecule has 7 heteroatoms. The number of carbonyl (C=O) groups excluding carboxylic acids is 2. The molecule has 0 spiro atoms. The van der Waals surface area contributed by atoms with E-state index >= 15 is 0 Å². The lowest BCUT2D eigenvalue weighted by Crippen LogP contribution is -2.28. The maximum Gasteiger partial charge on any atom is 0.306 e. The van der Waals surface area contributed by atoms with Gasteiger partial charge in [-0.15, -0.1) is 0 Å². The molecule has 0 fully saturated rings. The van der Waals surface area contributed by atoms with Crippen molar-refractivity contribution >= 4 is 29.4 Å². The van der Waals surface area contributed by atoms with E-state index in [0.717, 1.165) is 22.6 Å². The van der Waals surface area contributed by atoms with Crippen molar-refractivity contribution in [3.8, 4) is 5.75 Å². The van der Waals surface area contributed by atoms with E-state index in [4.69, 9.17) is 4.74 Å². The molecule has 1 amide bonds. The first-order valence-electron chi connectivity index (χ1n) is 9.36. The third-order valence-corrected chi connectivity index (χ3v) is 5.62. The summed E-state index contributed by atoms with van der Waals surface area (Å²) in [7, 11) is 2.99. The third-order valence-electron chi connectivity index (χ3n) is 4.68. The average Bonchev–Trinajstić information content (AvgIpc) is 3.22. The lowest BCUT2D eigenvalue weighted by molar-refractivity contribution is -0.140. The first kappa shape index (κ1) is 20.9. The zero-order valence-electron chi connectivity index (χ0n) is 16.5. The van der Waals surface area contributed by atoms with Gasteiger partial charge in [-0.25, -0.2) is 5.01 Å². The topological polar surface area (TPSA) is 68.2 Å². The number of carbonyl (C=O) groups is 2. The fourth-order valence-corrected chi connectivity index (χ4v) is 3.88. The van der Waals surface area contributed by atoms with E-state index in [0.29, 0.717) is 12.2 Å². The lowest BCUT2D eigenvalue weighted by Gasteiger charge is -2.22. The van der Waals surface area contributed by atoms with Crippen LogP contribution in [0.25, 0.3) is 0 Å². The van der Waals surface area contributed by atoms with E-state index in [1.165, 1.54) is 18.9 Å². The van der Waals surface area contributed by atoms with Crippen LogP contribution in [0.3, 0.4) is 0 Å². The smallest absolute Gasteiger partial charge is 0.306 e. The molecule has 152 valence electrons. The van der Waals surface area contributed by atoms with E-state index in [-0.39, 0.29) is 30.1 Å². The van der Waals surface area contributed by atoms with E-state index in [1.807, 2.05) is 54.6 Å². The number of amides is 1. The Kier molecular flexibility index (Phi) is 7.30. The summed E-state index contributed by atoms with van der Waals surface area (Å²) < 4.78 is 9.87. The van der Waals surface area contributed by atoms with Crippen LogP contribution in [0.5, 0.6) is 5.75 Å². The van der Waals surface area contributed by atoms with Crippen LogP contribution >= 0.6 is 11.8 Å². The molecule has 1 atom stereocenters. The minimum Gasteiger partial charge on any atom is -0.497 e. The van der Waals surface area contributed by atoms with Gasteiger partial charge in [0.25, 0.3) is 5.91 Å². The average molecular weight is 413 g/mol. The predicted molar refractivity (Wildman–Crippen MR) is 114 cm³/mol. The van der Waals surface area contributed by atoms with Crippen molar-refractivity contribution in [1.29, 1.82) is 0 Å². The number of rotatable bonds is 8. The normalized spacial score (nSPS) is 15.7. The molecule has 6 nitrogen and oxygen atoms in total. The van der Waals surface area contributed by atoms with Gasteiger partial charge in [0.2, 0.25) is 0 Å². The fraction of sp³-hybridized carbons (Fsp3) is 0.318. The van der Waals surface area contributed by atoms with E-state index in [2.05, 4.69) is 9.84 Å². The summed E-state index contributed by atoms with van der Waals surface area (Å²) >= 11 is 1.41. The summed E-state index contributed by atoms with van der Waals surface area (Å²) in [6, 6.07) is 17.5. The Balaban J connectivity index is 1.75. The SMILES string of the molecule is COC(=O)CCSCC(=O)N1N=C(c2ccccc2)C[C@H]1c1ccc(OC)cc1. The zero-order chi connectivity index (χ0) is 20.6. The van der Waals surface area contributed by atoms with Crippen LogP contribution in [-0.4, -0.2) is 48.3 Å². The first-order valence-corrected chi connectivity index (χ1v) is 10.5. The van der Waals surface area contributed by atoms with Crippen molar-refractivity contribution in [1.82, 2.24) is 5.01 Å². The Morgan fingerprint density at radius 2 is 1.83 bits per heavy atom. The molecule has 1 aliphatic heterocycles. The Morgan fingerprint density at radius 3 is 2.48 bits per heavy atom. The molecule has 0 bridgehead atoms. The highest BCUT2D eigenvalue weighted by atomic mass is 32.2. The number of hydrogen-bond donors (Lipinski definition) is 0. The molecule has 2 aromatic carbocycles. The minimum absolute atomic E-state index is 0.0772. The quantitative estimate of drug-likeness (QED) is 0.489. The molecule has 1 aliphatic rings. The molecular weight excluding hydrogens is 388 g/mol. The second-order valence-corrected chi connectivity index (χ2v) is 7.63. The number of esters is 1. The summed E-state index contributed by atoms with van der Waals surface area (Å²) in [6.45, 7) is 0. The van der Waals surface area contributed by atoms with Crippen LogP contribution in [-0.2, 0) is 14.3 Å². The highest BCUT2D eigenvalue weighted by Crippen LogP contribution is 2.34. The van der Waals surface area contributed by atoms with Gasteiger partial charge in [-0.2, -0.15) is 16.9 Å². The first-order chi connectivity index (χ1) is 14.1. The standard InChI is InChI=1S/C22H24N2O4S/c1-27-18-10-8-17(9-11-18)20-14-19(16-6-4-3-5-7-16)23-24(20)21(25)15-29-13-12-22(26)28-2/h3-11,20H,12-15H2,1-2H3/t20-/m0/s1. The van der Waals surface area contributed by atoms with Crippen LogP contribution in [0.4, 0.5) is 0 Å². The van der Waals surface area contributed by atoms with E-state index < -0.39 is 0 Å². The van der Waals surface area contributed by atoms with Crippen LogP contribution < -0.4 is 4.74 Å². The molecule has 0 radical (unpaired) electrons. The summed E-state index contributed by atoms with van der Waals surface area (Å²) in [6.07, 6.45) is 0.934. The van der Waals surface area contributed by atoms with Crippen molar-refractivity contribution < 1.29 is 19.1 Å². The predicted octanol–water partition coefficient (Wildman–Crippen LogP) is 3.67. The number of nitrogens with zero attached hydrogens (tertiary/aromatic N) is 2. The molecule has 29 heavy (non-hydrogen) atoms. The molecule has 0 unspecified atom stereocenters. The Bertz CT molecular complexity index is 868. The van der Waals surface area contributed by atoms with Gasteiger partial charge in [0, 0.05) is 12.2 Å². The number of ether oxygens (including phenoxy) is 2. The number of hydrazone groups is 1. The van der Waals surface area contributed by atoms with Crippen LogP contribution in [0, 0.1) is 0 Å². The van der Waals surface area contributed by atoms with Gasteiger partial charge in [-0.3, -0.25) is 9.59 Å². The Morgan fingerprint density at radius 1 is 1.10 bits per heavy atom. The van der Waals surface area contributed by atoms with Gasteiger partial charge in [-0.05, 0) is 23.3 Å². The molecule has 0 aliphatic carbocycles. The Labute approximate surface area is 174 Å². The molecule has 1 heterocycles. The Hall–Kier alpha value is -2.80. The van der Waals surface area contributed by atoms with Gasteiger partial charge in [0.15, 0.2) is 0 Å². The maximum absolute atomic E-state index is 12.9. The second kappa shape index (κ2) is 10.1. The molecule has 0 saturated heterocycles. The number of benzene rings is 2. The van der Waals surface area contributed by atoms with Crippen molar-refractivity contribution in [3.05, 3.63) is 65.7 Å². The number of methoxy groups -OCH3 is 2. The van der Waals surface area contributed by atoms with Crippen LogP contribution in [0.1, 0.15) is 30.0 Å². The van der Waals surface area contributed by atoms with Crippen LogP contribution in [0.15, 0.2) is 59.7 Å². The van der Waals surface area contributed by atoms with Crippen molar-refractivity contribution in [3.63, 3.8) is 0 Å². The lowest BCUT2D eigenvalue weighted by atomic mass is 9.98. The molecule has 0 aromatic heterocycles. The number of hydrogen-bond acceptors (Lipinski definition) is 6. The molecule has 2 aromatic rings. The largest absolute Gasteiger partial charge is 0.497 e. The summed E-state index contributed by atoms with van der Waals surface area (Å²) in [5, 5.41) is 6.23. The molecule has 0 N–H and O–H groups in total. The summed E-state index contributed by atoms with van der Waals surface area (Å²) in [5.74, 6) is 1.22. The molecule has 0 saturated carbocycles. The minimum atomic E-state index is -0.272. The third kappa shape index (κ3) is 5.38. The van der Waals surface area contributed by atoms with Gasteiger partial charge in [-0.1, -0.05) is 42.5 Å². The highest BCUT2D eigenvalue weighted by Gasteiger charge is 2.32. The highest BCUT2D eigenvalue weighted by molar-refractivity contribution is 7.99.